The maximum Gasteiger partial charge on any atom is 0.167 e. The Balaban J connectivity index is 1.78. The lowest BCUT2D eigenvalue weighted by molar-refractivity contribution is 0.195. The Bertz CT molecular complexity index is 1230. The predicted octanol–water partition coefficient (Wildman–Crippen LogP) is 4.09. The van der Waals surface area contributed by atoms with Gasteiger partial charge in [0.05, 0.1) is 47.0 Å². The van der Waals surface area contributed by atoms with Crippen LogP contribution in [0.4, 0.5) is 15.9 Å². The second-order valence-electron chi connectivity index (χ2n) is 7.65. The first kappa shape index (κ1) is 19.1. The molecule has 10 heteroatoms. The molecule has 4 heterocycles. The van der Waals surface area contributed by atoms with Crippen LogP contribution in [0, 0.1) is 5.82 Å². The van der Waals surface area contributed by atoms with Crippen molar-refractivity contribution in [3.05, 3.63) is 35.6 Å². The summed E-state index contributed by atoms with van der Waals surface area (Å²) in [5.74, 6) is 0.0724. The summed E-state index contributed by atoms with van der Waals surface area (Å²) in [5, 5.41) is 14.4. The molecule has 0 bridgehead atoms. The molecule has 0 amide bonds. The van der Waals surface area contributed by atoms with E-state index in [4.69, 9.17) is 21.3 Å². The number of imidazole rings is 1. The molecule has 8 nitrogen and oxygen atoms in total. The minimum atomic E-state index is -0.531. The van der Waals surface area contributed by atoms with Crippen molar-refractivity contribution < 1.29 is 9.13 Å². The molecule has 0 saturated carbocycles. The molecular weight excluding hydrogens is 409 g/mol. The van der Waals surface area contributed by atoms with Gasteiger partial charge in [0, 0.05) is 36.0 Å². The molecule has 1 fully saturated rings. The van der Waals surface area contributed by atoms with Crippen LogP contribution in [0.15, 0.2) is 24.8 Å². The topological polar surface area (TPSA) is 92.2 Å². The number of hydrogen-bond acceptors (Lipinski definition) is 6. The highest BCUT2D eigenvalue weighted by Gasteiger charge is 2.27. The van der Waals surface area contributed by atoms with E-state index in [0.29, 0.717) is 52.5 Å². The summed E-state index contributed by atoms with van der Waals surface area (Å²) in [6, 6.07) is 0.140. The highest BCUT2D eigenvalue weighted by atomic mass is 35.5. The van der Waals surface area contributed by atoms with Crippen molar-refractivity contribution in [1.82, 2.24) is 24.6 Å². The van der Waals surface area contributed by atoms with E-state index in [0.717, 1.165) is 6.42 Å². The zero-order chi connectivity index (χ0) is 20.8. The molecule has 0 radical (unpaired) electrons. The largest absolute Gasteiger partial charge is 0.379 e. The summed E-state index contributed by atoms with van der Waals surface area (Å²) < 4.78 is 22.8. The Hall–Kier alpha value is -2.91. The second kappa shape index (κ2) is 7.41. The van der Waals surface area contributed by atoms with Crippen molar-refractivity contribution in [3.63, 3.8) is 0 Å². The molecule has 156 valence electrons. The average molecular weight is 430 g/mol. The minimum absolute atomic E-state index is 0.0105. The molecule has 30 heavy (non-hydrogen) atoms. The van der Waals surface area contributed by atoms with Crippen molar-refractivity contribution in [3.8, 4) is 11.3 Å². The van der Waals surface area contributed by atoms with Crippen molar-refractivity contribution in [2.45, 2.75) is 32.4 Å². The fourth-order valence-electron chi connectivity index (χ4n) is 3.86. The Morgan fingerprint density at radius 1 is 1.37 bits per heavy atom. The van der Waals surface area contributed by atoms with Crippen molar-refractivity contribution in [2.75, 3.05) is 23.8 Å². The monoisotopic (exact) mass is 429 g/mol. The molecule has 4 aromatic rings. The summed E-state index contributed by atoms with van der Waals surface area (Å²) in [6.45, 7) is 5.16. The number of halogens is 2. The first-order valence-electron chi connectivity index (χ1n) is 9.82. The summed E-state index contributed by atoms with van der Waals surface area (Å²) in [7, 11) is 0. The molecule has 5 rings (SSSR count). The van der Waals surface area contributed by atoms with Crippen LogP contribution in [-0.4, -0.2) is 49.9 Å². The molecule has 1 atom stereocenters. The molecule has 1 unspecified atom stereocenters. The van der Waals surface area contributed by atoms with E-state index in [1.165, 1.54) is 0 Å². The normalized spacial score (nSPS) is 16.8. The fourth-order valence-corrected chi connectivity index (χ4v) is 4.14. The van der Waals surface area contributed by atoms with Gasteiger partial charge in [-0.25, -0.2) is 9.37 Å². The van der Waals surface area contributed by atoms with Gasteiger partial charge in [-0.3, -0.25) is 14.5 Å². The van der Waals surface area contributed by atoms with Gasteiger partial charge in [-0.2, -0.15) is 5.10 Å². The molecule has 3 N–H and O–H groups in total. The lowest BCUT2D eigenvalue weighted by atomic mass is 10.0. The van der Waals surface area contributed by atoms with Gasteiger partial charge in [-0.05, 0) is 20.3 Å². The van der Waals surface area contributed by atoms with Crippen LogP contribution in [0.2, 0.25) is 5.02 Å². The SMILES string of the molecule is CC(C)Nc1c(F)c(Cl)c(-c2c(NC3CCOC3)nc3cnccn23)c2cn[nH]c12. The zero-order valence-corrected chi connectivity index (χ0v) is 17.3. The Morgan fingerprint density at radius 3 is 3.00 bits per heavy atom. The van der Waals surface area contributed by atoms with Crippen LogP contribution in [0.1, 0.15) is 20.3 Å². The van der Waals surface area contributed by atoms with Crippen LogP contribution < -0.4 is 10.6 Å². The van der Waals surface area contributed by atoms with Crippen LogP contribution in [-0.2, 0) is 4.74 Å². The van der Waals surface area contributed by atoms with E-state index in [1.54, 1.807) is 24.8 Å². The van der Waals surface area contributed by atoms with E-state index in [-0.39, 0.29) is 17.1 Å². The summed E-state index contributed by atoms with van der Waals surface area (Å²) >= 11 is 6.63. The molecule has 1 saturated heterocycles. The number of H-pyrrole nitrogens is 1. The number of benzene rings is 1. The second-order valence-corrected chi connectivity index (χ2v) is 8.03. The molecule has 0 spiro atoms. The Kier molecular flexibility index (Phi) is 4.71. The molecule has 0 aliphatic carbocycles. The van der Waals surface area contributed by atoms with E-state index in [1.807, 2.05) is 18.2 Å². The number of nitrogens with one attached hydrogen (secondary N) is 3. The van der Waals surface area contributed by atoms with Gasteiger partial charge in [-0.15, -0.1) is 0 Å². The van der Waals surface area contributed by atoms with E-state index in [2.05, 4.69) is 25.8 Å². The maximum atomic E-state index is 15.4. The van der Waals surface area contributed by atoms with Crippen molar-refractivity contribution in [1.29, 1.82) is 0 Å². The summed E-state index contributed by atoms with van der Waals surface area (Å²) in [6.07, 6.45) is 7.63. The lowest BCUT2D eigenvalue weighted by Crippen LogP contribution is -2.19. The number of fused-ring (bicyclic) bond motifs is 2. The van der Waals surface area contributed by atoms with Gasteiger partial charge in [-0.1, -0.05) is 11.6 Å². The zero-order valence-electron chi connectivity index (χ0n) is 16.5. The first-order chi connectivity index (χ1) is 14.5. The molecule has 3 aromatic heterocycles. The van der Waals surface area contributed by atoms with Crippen molar-refractivity contribution in [2.24, 2.45) is 0 Å². The van der Waals surface area contributed by atoms with Gasteiger partial charge < -0.3 is 15.4 Å². The molecular formula is C20H21ClFN7O. The highest BCUT2D eigenvalue weighted by molar-refractivity contribution is 6.36. The van der Waals surface area contributed by atoms with Gasteiger partial charge in [0.25, 0.3) is 0 Å². The average Bonchev–Trinajstić information content (AvgIpc) is 3.46. The number of ether oxygens (including phenoxy) is 1. The number of hydrogen-bond donors (Lipinski definition) is 3. The minimum Gasteiger partial charge on any atom is -0.379 e. The third-order valence-corrected chi connectivity index (χ3v) is 5.52. The number of rotatable bonds is 5. The lowest BCUT2D eigenvalue weighted by Gasteiger charge is -2.17. The molecule has 1 aromatic carbocycles. The number of anilines is 2. The first-order valence-corrected chi connectivity index (χ1v) is 10.2. The third kappa shape index (κ3) is 3.05. The van der Waals surface area contributed by atoms with Crippen LogP contribution in [0.3, 0.4) is 0 Å². The van der Waals surface area contributed by atoms with Crippen LogP contribution in [0.25, 0.3) is 27.8 Å². The Labute approximate surface area is 176 Å². The standard InChI is InChI=1S/C20H21ClFN7O/c1-10(2)25-18-16(22)15(21)14(12-7-24-28-17(12)18)19-20(26-11-3-6-30-9-11)27-13-8-23-4-5-29(13)19/h4-5,7-8,10-11,25-26H,3,6,9H2,1-2H3,(H,24,28). The smallest absolute Gasteiger partial charge is 0.167 e. The number of nitrogens with zero attached hydrogens (tertiary/aromatic N) is 4. The summed E-state index contributed by atoms with van der Waals surface area (Å²) in [4.78, 5) is 8.85. The maximum absolute atomic E-state index is 15.4. The Morgan fingerprint density at radius 2 is 2.23 bits per heavy atom. The van der Waals surface area contributed by atoms with Crippen LogP contribution in [0.5, 0.6) is 0 Å². The molecule has 1 aliphatic rings. The number of aromatic nitrogens is 5. The van der Waals surface area contributed by atoms with Gasteiger partial charge in [0.1, 0.15) is 0 Å². The van der Waals surface area contributed by atoms with E-state index in [9.17, 15) is 0 Å². The van der Waals surface area contributed by atoms with Crippen molar-refractivity contribution >= 4 is 39.7 Å². The van der Waals surface area contributed by atoms with E-state index >= 15 is 4.39 Å². The summed E-state index contributed by atoms with van der Waals surface area (Å²) in [5.41, 5.74) is 2.67. The highest BCUT2D eigenvalue weighted by Crippen LogP contribution is 2.44. The predicted molar refractivity (Wildman–Crippen MR) is 115 cm³/mol. The number of aromatic amines is 1. The van der Waals surface area contributed by atoms with Gasteiger partial charge in [0.2, 0.25) is 0 Å². The van der Waals surface area contributed by atoms with Gasteiger partial charge in [0.15, 0.2) is 17.3 Å². The third-order valence-electron chi connectivity index (χ3n) is 5.16. The van der Waals surface area contributed by atoms with E-state index < -0.39 is 5.82 Å². The molecule has 1 aliphatic heterocycles. The quantitative estimate of drug-likeness (QED) is 0.442. The fraction of sp³-hybridized carbons (Fsp3) is 0.350. The van der Waals surface area contributed by atoms with Gasteiger partial charge >= 0.3 is 0 Å². The van der Waals surface area contributed by atoms with Crippen LogP contribution >= 0.6 is 11.6 Å².